The van der Waals surface area contributed by atoms with Gasteiger partial charge in [-0.15, -0.1) is 0 Å². The van der Waals surface area contributed by atoms with Gasteiger partial charge >= 0.3 is 0 Å². The van der Waals surface area contributed by atoms with E-state index in [1.54, 1.807) is 49.2 Å². The van der Waals surface area contributed by atoms with E-state index in [9.17, 15) is 8.42 Å². The first kappa shape index (κ1) is 27.3. The molecule has 1 aromatic heterocycles. The molecule has 0 amide bonds. The molecular weight excluding hydrogens is 548 g/mol. The molecule has 0 radical (unpaired) electrons. The van der Waals surface area contributed by atoms with Crippen LogP contribution in [0.5, 0.6) is 11.5 Å². The monoisotopic (exact) mass is 578 g/mol. The van der Waals surface area contributed by atoms with Crippen molar-refractivity contribution in [2.75, 3.05) is 14.2 Å². The van der Waals surface area contributed by atoms with E-state index >= 15 is 0 Å². The van der Waals surface area contributed by atoms with Crippen LogP contribution < -0.4 is 9.47 Å². The lowest BCUT2D eigenvalue weighted by Crippen LogP contribution is -2.27. The second-order valence-electron chi connectivity index (χ2n) is 10.0. The van der Waals surface area contributed by atoms with E-state index < -0.39 is 16.1 Å². The number of aryl methyl sites for hydroxylation is 1. The average molecular weight is 579 g/mol. The molecular formula is C33H30N4O4S. The van der Waals surface area contributed by atoms with Crippen molar-refractivity contribution in [3.63, 3.8) is 0 Å². The maximum absolute atomic E-state index is 14.2. The largest absolute Gasteiger partial charge is 0.497 e. The number of benzene rings is 4. The van der Waals surface area contributed by atoms with Crippen molar-refractivity contribution in [1.82, 2.24) is 14.2 Å². The van der Waals surface area contributed by atoms with Gasteiger partial charge in [-0.2, -0.15) is 23.0 Å². The highest BCUT2D eigenvalue weighted by molar-refractivity contribution is 7.89. The lowest BCUT2D eigenvalue weighted by molar-refractivity contribution is 0.372. The summed E-state index contributed by atoms with van der Waals surface area (Å²) in [7, 11) is -0.874. The molecule has 5 aromatic rings. The Kier molecular flexibility index (Phi) is 7.26. The Labute approximate surface area is 245 Å². The molecule has 1 atom stereocenters. The molecule has 1 aliphatic heterocycles. The number of sulfonamides is 1. The highest BCUT2D eigenvalue weighted by Crippen LogP contribution is 2.42. The quantitative estimate of drug-likeness (QED) is 0.213. The molecule has 0 aliphatic carbocycles. The zero-order valence-electron chi connectivity index (χ0n) is 23.5. The summed E-state index contributed by atoms with van der Waals surface area (Å²) in [5.41, 5.74) is 5.46. The summed E-state index contributed by atoms with van der Waals surface area (Å²) in [5, 5.41) is 9.72. The van der Waals surface area contributed by atoms with Gasteiger partial charge in [0.15, 0.2) is 0 Å². The molecule has 0 saturated carbocycles. The van der Waals surface area contributed by atoms with Crippen LogP contribution >= 0.6 is 0 Å². The van der Waals surface area contributed by atoms with Crippen molar-refractivity contribution in [2.24, 2.45) is 5.10 Å². The molecule has 0 unspecified atom stereocenters. The lowest BCUT2D eigenvalue weighted by Gasteiger charge is -2.23. The number of rotatable bonds is 8. The third-order valence-corrected chi connectivity index (χ3v) is 8.99. The van der Waals surface area contributed by atoms with E-state index in [-0.39, 0.29) is 4.90 Å². The average Bonchev–Trinajstić information content (AvgIpc) is 3.68. The van der Waals surface area contributed by atoms with Gasteiger partial charge in [0.05, 0.1) is 42.2 Å². The summed E-state index contributed by atoms with van der Waals surface area (Å²) in [4.78, 5) is 0.169. The normalized spacial score (nSPS) is 15.0. The van der Waals surface area contributed by atoms with Crippen LogP contribution in [0.15, 0.2) is 119 Å². The van der Waals surface area contributed by atoms with Crippen molar-refractivity contribution >= 4 is 15.7 Å². The topological polar surface area (TPSA) is 86.0 Å². The van der Waals surface area contributed by atoms with E-state index in [2.05, 4.69) is 0 Å². The van der Waals surface area contributed by atoms with Crippen molar-refractivity contribution in [2.45, 2.75) is 24.3 Å². The van der Waals surface area contributed by atoms with Crippen LogP contribution in [0.2, 0.25) is 0 Å². The van der Waals surface area contributed by atoms with E-state index in [4.69, 9.17) is 19.7 Å². The second-order valence-corrected chi connectivity index (χ2v) is 11.8. The van der Waals surface area contributed by atoms with Gasteiger partial charge in [-0.05, 0) is 43.3 Å². The molecule has 0 saturated heterocycles. The van der Waals surface area contributed by atoms with Crippen LogP contribution in [0.3, 0.4) is 0 Å². The fraction of sp³-hybridized carbons (Fsp3) is 0.152. The van der Waals surface area contributed by atoms with Gasteiger partial charge in [0.1, 0.15) is 11.5 Å². The number of nitrogens with zero attached hydrogens (tertiary/aromatic N) is 4. The van der Waals surface area contributed by atoms with E-state index in [1.165, 1.54) is 4.41 Å². The Bertz CT molecular complexity index is 1830. The Hall–Kier alpha value is -4.89. The molecule has 0 fully saturated rings. The smallest absolute Gasteiger partial charge is 0.279 e. The molecule has 6 rings (SSSR count). The maximum atomic E-state index is 14.2. The molecule has 212 valence electrons. The highest BCUT2D eigenvalue weighted by atomic mass is 32.2. The number of methoxy groups -OCH3 is 2. The molecule has 2 heterocycles. The zero-order chi connectivity index (χ0) is 29.3. The first-order chi connectivity index (χ1) is 20.4. The summed E-state index contributed by atoms with van der Waals surface area (Å²) >= 11 is 0. The van der Waals surface area contributed by atoms with E-state index in [0.29, 0.717) is 29.3 Å². The molecule has 4 aromatic carbocycles. The lowest BCUT2D eigenvalue weighted by atomic mass is 9.97. The Balaban J connectivity index is 1.53. The standard InChI is InChI=1S/C33H30N4O4S/c1-23-14-16-29(17-15-23)42(38,39)37-32(21-31(34-37)25-18-27(40-2)20-28(19-25)41-3)30-22-36(26-12-8-5-9-13-26)35-33(30)24-10-6-4-7-11-24/h4-20,22,32H,21H2,1-3H3/t32-/m1/s1. The van der Waals surface area contributed by atoms with Gasteiger partial charge in [0.25, 0.3) is 10.0 Å². The number of aromatic nitrogens is 2. The van der Waals surface area contributed by atoms with Crippen LogP contribution in [-0.4, -0.2) is 42.5 Å². The van der Waals surface area contributed by atoms with E-state index in [0.717, 1.165) is 27.9 Å². The summed E-state index contributed by atoms with van der Waals surface area (Å²) in [6.45, 7) is 1.92. The third kappa shape index (κ3) is 5.14. The molecule has 9 heteroatoms. The summed E-state index contributed by atoms with van der Waals surface area (Å²) in [6, 6.07) is 31.2. The van der Waals surface area contributed by atoms with E-state index in [1.807, 2.05) is 85.9 Å². The van der Waals surface area contributed by atoms with Gasteiger partial charge < -0.3 is 9.47 Å². The summed E-state index contributed by atoms with van der Waals surface area (Å²) in [6.07, 6.45) is 2.23. The fourth-order valence-corrected chi connectivity index (χ4v) is 6.50. The number of para-hydroxylation sites is 1. The minimum absolute atomic E-state index is 0.169. The van der Waals surface area contributed by atoms with Crippen LogP contribution in [0.4, 0.5) is 0 Å². The minimum Gasteiger partial charge on any atom is -0.497 e. The second kappa shape index (κ2) is 11.2. The first-order valence-corrected chi connectivity index (χ1v) is 14.9. The Morgan fingerprint density at radius 2 is 1.40 bits per heavy atom. The number of ether oxygens (including phenoxy) is 2. The van der Waals surface area contributed by atoms with Gasteiger partial charge in [-0.3, -0.25) is 0 Å². The van der Waals surface area contributed by atoms with Crippen molar-refractivity contribution in [1.29, 1.82) is 0 Å². The number of hydrogen-bond donors (Lipinski definition) is 0. The molecule has 42 heavy (non-hydrogen) atoms. The molecule has 1 aliphatic rings. The predicted molar refractivity (Wildman–Crippen MR) is 163 cm³/mol. The SMILES string of the molecule is COc1cc(OC)cc(C2=NN(S(=O)(=O)c3ccc(C)cc3)[C@@H](c3cn(-c4ccccc4)nc3-c3ccccc3)C2)c1. The Morgan fingerprint density at radius 1 is 0.786 bits per heavy atom. The molecule has 8 nitrogen and oxygen atoms in total. The minimum atomic E-state index is -4.03. The van der Waals surface area contributed by atoms with Crippen LogP contribution in [0, 0.1) is 6.92 Å². The maximum Gasteiger partial charge on any atom is 0.279 e. The number of hydrazone groups is 1. The Morgan fingerprint density at radius 3 is 2.02 bits per heavy atom. The van der Waals surface area contributed by atoms with Crippen molar-refractivity contribution in [3.05, 3.63) is 126 Å². The predicted octanol–water partition coefficient (Wildman–Crippen LogP) is 6.40. The van der Waals surface area contributed by atoms with Gasteiger partial charge in [0.2, 0.25) is 0 Å². The first-order valence-electron chi connectivity index (χ1n) is 13.5. The van der Waals surface area contributed by atoms with Gasteiger partial charge in [0, 0.05) is 35.4 Å². The highest BCUT2D eigenvalue weighted by Gasteiger charge is 2.40. The fourth-order valence-electron chi connectivity index (χ4n) is 5.07. The zero-order valence-corrected chi connectivity index (χ0v) is 24.3. The summed E-state index contributed by atoms with van der Waals surface area (Å²) in [5.74, 6) is 1.18. The van der Waals surface area contributed by atoms with Gasteiger partial charge in [-0.25, -0.2) is 4.68 Å². The van der Waals surface area contributed by atoms with Crippen molar-refractivity contribution in [3.8, 4) is 28.4 Å². The summed E-state index contributed by atoms with van der Waals surface area (Å²) < 4.78 is 42.4. The number of hydrogen-bond acceptors (Lipinski definition) is 6. The van der Waals surface area contributed by atoms with Gasteiger partial charge in [-0.1, -0.05) is 66.2 Å². The van der Waals surface area contributed by atoms with Crippen molar-refractivity contribution < 1.29 is 17.9 Å². The van der Waals surface area contributed by atoms with Crippen LogP contribution in [0.1, 0.15) is 29.2 Å². The molecule has 0 N–H and O–H groups in total. The van der Waals surface area contributed by atoms with Crippen LogP contribution in [-0.2, 0) is 10.0 Å². The molecule has 0 spiro atoms. The third-order valence-electron chi connectivity index (χ3n) is 7.29. The molecule has 0 bridgehead atoms. The van der Waals surface area contributed by atoms with Crippen LogP contribution in [0.25, 0.3) is 16.9 Å².